The number of hydrogen-bond donors (Lipinski definition) is 0. The predicted molar refractivity (Wildman–Crippen MR) is 191 cm³/mol. The summed E-state index contributed by atoms with van der Waals surface area (Å²) in [6.07, 6.45) is 4.92. The number of allylic oxidation sites excluding steroid dienone is 3. The molecule has 1 aliphatic carbocycles. The van der Waals surface area contributed by atoms with Gasteiger partial charge in [-0.3, -0.25) is 0 Å². The number of fused-ring (bicyclic) bond motifs is 1. The van der Waals surface area contributed by atoms with Gasteiger partial charge in [-0.15, -0.1) is 0 Å². The van der Waals surface area contributed by atoms with Crippen LogP contribution in [0.1, 0.15) is 94.6 Å². The summed E-state index contributed by atoms with van der Waals surface area (Å²) in [4.78, 5) is 0. The minimum atomic E-state index is -1.30. The Morgan fingerprint density at radius 2 is 1.16 bits per heavy atom. The second-order valence-electron chi connectivity index (χ2n) is 12.7. The third-order valence-electron chi connectivity index (χ3n) is 8.82. The molecule has 5 aromatic rings. The Labute approximate surface area is 281 Å². The fraction of sp³-hybridized carbons (Fsp3) is 0.182. The van der Waals surface area contributed by atoms with Crippen LogP contribution in [0.4, 0.5) is 0 Å². The van der Waals surface area contributed by atoms with Crippen LogP contribution in [-0.4, -0.2) is 0 Å². The minimum absolute atomic E-state index is 0.475. The van der Waals surface area contributed by atoms with Gasteiger partial charge < -0.3 is 0 Å². The third kappa shape index (κ3) is 6.90. The number of benzene rings is 5. The van der Waals surface area contributed by atoms with E-state index in [-0.39, 0.29) is 0 Å². The molecule has 0 amide bonds. The zero-order chi connectivity index (χ0) is 31.3. The molecule has 0 spiro atoms. The van der Waals surface area contributed by atoms with Gasteiger partial charge in [0.2, 0.25) is 0 Å². The van der Waals surface area contributed by atoms with Crippen LogP contribution in [0, 0.1) is 0 Å². The molecule has 0 bridgehead atoms. The van der Waals surface area contributed by atoms with Crippen molar-refractivity contribution in [1.29, 1.82) is 0 Å². The first-order valence-corrected chi connectivity index (χ1v) is 18.9. The molecule has 0 nitrogen and oxygen atoms in total. The second kappa shape index (κ2) is 14.1. The van der Waals surface area contributed by atoms with E-state index in [0.717, 1.165) is 0 Å². The first kappa shape index (κ1) is 31.2. The molecule has 1 atom stereocenters. The Hall–Kier alpha value is -3.80. The van der Waals surface area contributed by atoms with Crippen molar-refractivity contribution in [1.82, 2.24) is 0 Å². The molecule has 0 aliphatic heterocycles. The zero-order valence-corrected chi connectivity index (χ0v) is 29.5. The molecule has 1 unspecified atom stereocenters. The Balaban J connectivity index is 1.65. The number of hydrogen-bond acceptors (Lipinski definition) is 0. The molecular weight excluding hydrogens is 620 g/mol. The SMILES string of the molecule is CC1=Cc2c(C(C)C)cc(C(C)C)cc2[CH]1[Zr]/[C](=C(/C(=C\c1ccccc1)c1ccccc1)c1ccccc1)c1ccccc1. The van der Waals surface area contributed by atoms with Gasteiger partial charge in [0.1, 0.15) is 0 Å². The molecule has 6 rings (SSSR count). The van der Waals surface area contributed by atoms with Gasteiger partial charge in [-0.1, -0.05) is 0 Å². The zero-order valence-electron chi connectivity index (χ0n) is 27.1. The Bertz CT molecular complexity index is 1840. The van der Waals surface area contributed by atoms with Crippen molar-refractivity contribution in [2.45, 2.75) is 50.1 Å². The van der Waals surface area contributed by atoms with E-state index < -0.39 is 23.2 Å². The third-order valence-corrected chi connectivity index (χ3v) is 13.4. The van der Waals surface area contributed by atoms with E-state index in [2.05, 4.69) is 180 Å². The molecule has 0 radical (unpaired) electrons. The molecule has 0 fully saturated rings. The summed E-state index contributed by atoms with van der Waals surface area (Å²) >= 11 is -1.30. The summed E-state index contributed by atoms with van der Waals surface area (Å²) in [6.45, 7) is 11.7. The monoisotopic (exact) mass is 660 g/mol. The van der Waals surface area contributed by atoms with Gasteiger partial charge in [0, 0.05) is 0 Å². The Kier molecular flexibility index (Phi) is 9.77. The normalized spacial score (nSPS) is 15.1. The van der Waals surface area contributed by atoms with Crippen LogP contribution in [0.3, 0.4) is 0 Å². The van der Waals surface area contributed by atoms with Crippen molar-refractivity contribution in [2.24, 2.45) is 0 Å². The van der Waals surface area contributed by atoms with Gasteiger partial charge in [0.15, 0.2) is 0 Å². The molecular formula is C44H42Zr. The van der Waals surface area contributed by atoms with E-state index in [1.807, 2.05) is 0 Å². The first-order valence-electron chi connectivity index (χ1n) is 16.2. The van der Waals surface area contributed by atoms with Crippen LogP contribution >= 0.6 is 0 Å². The molecule has 45 heavy (non-hydrogen) atoms. The fourth-order valence-electron chi connectivity index (χ4n) is 6.41. The van der Waals surface area contributed by atoms with Crippen LogP contribution in [0.15, 0.2) is 139 Å². The van der Waals surface area contributed by atoms with Gasteiger partial charge >= 0.3 is 283 Å². The van der Waals surface area contributed by atoms with E-state index >= 15 is 0 Å². The molecule has 0 saturated carbocycles. The Morgan fingerprint density at radius 1 is 0.622 bits per heavy atom. The Morgan fingerprint density at radius 3 is 1.71 bits per heavy atom. The summed E-state index contributed by atoms with van der Waals surface area (Å²) in [6, 6.07) is 49.2. The van der Waals surface area contributed by atoms with Crippen LogP contribution < -0.4 is 0 Å². The maximum absolute atomic E-state index is 2.55. The molecule has 0 aromatic heterocycles. The van der Waals surface area contributed by atoms with Crippen LogP contribution in [0.5, 0.6) is 0 Å². The average molecular weight is 662 g/mol. The fourth-order valence-corrected chi connectivity index (χ4v) is 10.7. The first-order chi connectivity index (χ1) is 21.9. The van der Waals surface area contributed by atoms with Crippen molar-refractivity contribution in [3.05, 3.63) is 184 Å². The van der Waals surface area contributed by atoms with E-state index in [0.29, 0.717) is 15.5 Å². The van der Waals surface area contributed by atoms with Gasteiger partial charge in [0.25, 0.3) is 0 Å². The molecule has 0 heterocycles. The average Bonchev–Trinajstić information content (AvgIpc) is 3.39. The topological polar surface area (TPSA) is 0 Å². The van der Waals surface area contributed by atoms with Gasteiger partial charge in [-0.25, -0.2) is 0 Å². The van der Waals surface area contributed by atoms with Gasteiger partial charge in [-0.05, 0) is 0 Å². The molecule has 222 valence electrons. The summed E-state index contributed by atoms with van der Waals surface area (Å²) in [5.41, 5.74) is 15.3. The summed E-state index contributed by atoms with van der Waals surface area (Å²) in [5.74, 6) is 0.996. The van der Waals surface area contributed by atoms with Crippen LogP contribution in [-0.2, 0) is 23.2 Å². The second-order valence-corrected chi connectivity index (χ2v) is 16.1. The van der Waals surface area contributed by atoms with Gasteiger partial charge in [-0.2, -0.15) is 0 Å². The van der Waals surface area contributed by atoms with Crippen molar-refractivity contribution in [3.8, 4) is 0 Å². The molecule has 1 heteroatoms. The summed E-state index contributed by atoms with van der Waals surface area (Å²) in [5, 5.41) is 0. The van der Waals surface area contributed by atoms with Crippen molar-refractivity contribution >= 4 is 26.6 Å². The van der Waals surface area contributed by atoms with Crippen LogP contribution in [0.25, 0.3) is 26.6 Å². The molecule has 0 saturated heterocycles. The molecule has 0 N–H and O–H groups in total. The van der Waals surface area contributed by atoms with Crippen molar-refractivity contribution in [3.63, 3.8) is 0 Å². The standard InChI is InChI=1S/C28H21.C16H21.Zr/c1-5-13-23(14-6-1)21-27(25-17-9-3-10-18-25)28(26-19-11-4-12-20-26)22-24-15-7-2-8-16-24;1-10(2)13-8-14-6-12(5)7-16(14)15(9-13)11(3)4;/h1-21H;6-11H,1-5H3;/b27-21-,28-22?;;. The summed E-state index contributed by atoms with van der Waals surface area (Å²) < 4.78 is 2.02. The van der Waals surface area contributed by atoms with E-state index in [1.165, 1.54) is 55.7 Å². The predicted octanol–water partition coefficient (Wildman–Crippen LogP) is 12.3. The maximum atomic E-state index is 2.55. The van der Waals surface area contributed by atoms with E-state index in [9.17, 15) is 0 Å². The van der Waals surface area contributed by atoms with E-state index in [4.69, 9.17) is 0 Å². The quantitative estimate of drug-likeness (QED) is 0.109. The molecule has 1 aliphatic rings. The number of rotatable bonds is 9. The summed E-state index contributed by atoms with van der Waals surface area (Å²) in [7, 11) is 0. The van der Waals surface area contributed by atoms with Crippen molar-refractivity contribution < 1.29 is 23.2 Å². The van der Waals surface area contributed by atoms with E-state index in [1.54, 1.807) is 8.84 Å². The molecule has 5 aromatic carbocycles. The van der Waals surface area contributed by atoms with Crippen molar-refractivity contribution in [2.75, 3.05) is 0 Å². The van der Waals surface area contributed by atoms with Crippen LogP contribution in [0.2, 0.25) is 0 Å². The van der Waals surface area contributed by atoms with Gasteiger partial charge in [0.05, 0.1) is 0 Å².